The first-order chi connectivity index (χ1) is 9.69. The van der Waals surface area contributed by atoms with Crippen molar-refractivity contribution in [2.75, 3.05) is 19.8 Å². The fourth-order valence-electron chi connectivity index (χ4n) is 2.18. The summed E-state index contributed by atoms with van der Waals surface area (Å²) in [5, 5.41) is 10.2. The minimum Gasteiger partial charge on any atom is -0.387 e. The van der Waals surface area contributed by atoms with E-state index in [1.54, 1.807) is 11.8 Å². The zero-order chi connectivity index (χ0) is 14.4. The molecule has 0 amide bonds. The van der Waals surface area contributed by atoms with E-state index in [2.05, 4.69) is 35.4 Å². The van der Waals surface area contributed by atoms with Crippen molar-refractivity contribution in [3.8, 4) is 0 Å². The van der Waals surface area contributed by atoms with Gasteiger partial charge in [-0.2, -0.15) is 0 Å². The number of aliphatic hydroxyl groups is 1. The van der Waals surface area contributed by atoms with Gasteiger partial charge in [0.25, 0.3) is 0 Å². The van der Waals surface area contributed by atoms with Gasteiger partial charge in [-0.15, -0.1) is 11.8 Å². The van der Waals surface area contributed by atoms with E-state index in [1.807, 2.05) is 37.4 Å². The van der Waals surface area contributed by atoms with Crippen LogP contribution in [0.15, 0.2) is 59.5 Å². The molecule has 0 saturated carbocycles. The lowest BCUT2D eigenvalue weighted by atomic mass is 10.1. The van der Waals surface area contributed by atoms with Gasteiger partial charge in [-0.1, -0.05) is 42.5 Å². The number of thioether (sulfide) groups is 1. The van der Waals surface area contributed by atoms with E-state index in [0.29, 0.717) is 6.54 Å². The summed E-state index contributed by atoms with van der Waals surface area (Å²) in [4.78, 5) is 3.42. The highest BCUT2D eigenvalue weighted by Gasteiger charge is 2.10. The minimum absolute atomic E-state index is 0.438. The molecule has 0 aliphatic heterocycles. The minimum atomic E-state index is -0.438. The number of hydrogen-bond acceptors (Lipinski definition) is 3. The van der Waals surface area contributed by atoms with Crippen LogP contribution in [0.4, 0.5) is 0 Å². The van der Waals surface area contributed by atoms with E-state index in [-0.39, 0.29) is 0 Å². The summed E-state index contributed by atoms with van der Waals surface area (Å²) in [5.74, 6) is 0. The van der Waals surface area contributed by atoms with E-state index in [0.717, 1.165) is 12.1 Å². The third-order valence-electron chi connectivity index (χ3n) is 3.28. The number of rotatable bonds is 6. The number of nitrogens with zero attached hydrogens (tertiary/aromatic N) is 1. The van der Waals surface area contributed by atoms with Gasteiger partial charge in [-0.25, -0.2) is 0 Å². The molecule has 0 heterocycles. The summed E-state index contributed by atoms with van der Waals surface area (Å²) < 4.78 is 0. The summed E-state index contributed by atoms with van der Waals surface area (Å²) in [7, 11) is 2.04. The Kier molecular flexibility index (Phi) is 5.65. The molecule has 3 heteroatoms. The molecule has 1 unspecified atom stereocenters. The van der Waals surface area contributed by atoms with Crippen LogP contribution in [0.1, 0.15) is 17.2 Å². The zero-order valence-electron chi connectivity index (χ0n) is 12.0. The Morgan fingerprint density at radius 3 is 2.30 bits per heavy atom. The number of benzene rings is 2. The normalized spacial score (nSPS) is 12.6. The van der Waals surface area contributed by atoms with Gasteiger partial charge in [0.2, 0.25) is 0 Å². The third kappa shape index (κ3) is 4.37. The first-order valence-corrected chi connectivity index (χ1v) is 7.96. The van der Waals surface area contributed by atoms with Crippen molar-refractivity contribution in [3.05, 3.63) is 65.7 Å². The fourth-order valence-corrected chi connectivity index (χ4v) is 2.59. The highest BCUT2D eigenvalue weighted by atomic mass is 32.2. The average Bonchev–Trinajstić information content (AvgIpc) is 2.49. The lowest BCUT2D eigenvalue weighted by molar-refractivity contribution is 0.124. The van der Waals surface area contributed by atoms with Crippen molar-refractivity contribution in [2.45, 2.75) is 17.5 Å². The molecule has 0 aliphatic rings. The first-order valence-electron chi connectivity index (χ1n) is 6.73. The molecule has 0 aliphatic carbocycles. The summed E-state index contributed by atoms with van der Waals surface area (Å²) in [6.07, 6.45) is 1.64. The number of likely N-dealkylation sites (N-methyl/N-ethyl adjacent to an activating group) is 1. The first kappa shape index (κ1) is 15.1. The van der Waals surface area contributed by atoms with Crippen LogP contribution in [0, 0.1) is 0 Å². The monoisotopic (exact) mass is 287 g/mol. The van der Waals surface area contributed by atoms with Crippen LogP contribution in [0.25, 0.3) is 0 Å². The molecular weight excluding hydrogens is 266 g/mol. The molecular formula is C17H21NOS. The Balaban J connectivity index is 1.90. The molecule has 0 aromatic heterocycles. The highest BCUT2D eigenvalue weighted by Crippen LogP contribution is 2.17. The van der Waals surface area contributed by atoms with Crippen molar-refractivity contribution in [3.63, 3.8) is 0 Å². The predicted octanol–water partition coefficient (Wildman–Crippen LogP) is 3.57. The standard InChI is InChI=1S/C17H21NOS/c1-18(12-14-8-10-16(20-2)11-9-14)13-17(19)15-6-4-3-5-7-15/h3-11,17,19H,12-13H2,1-2H3. The molecule has 2 aromatic rings. The Labute approximate surface area is 125 Å². The third-order valence-corrected chi connectivity index (χ3v) is 4.02. The quantitative estimate of drug-likeness (QED) is 0.822. The van der Waals surface area contributed by atoms with Crippen molar-refractivity contribution in [1.82, 2.24) is 4.90 Å². The van der Waals surface area contributed by atoms with Gasteiger partial charge in [-0.3, -0.25) is 4.90 Å². The van der Waals surface area contributed by atoms with Crippen molar-refractivity contribution < 1.29 is 5.11 Å². The van der Waals surface area contributed by atoms with Gasteiger partial charge < -0.3 is 5.11 Å². The summed E-state index contributed by atoms with van der Waals surface area (Å²) in [6, 6.07) is 18.4. The number of aliphatic hydroxyl groups excluding tert-OH is 1. The van der Waals surface area contributed by atoms with Gasteiger partial charge in [0.15, 0.2) is 0 Å². The summed E-state index contributed by atoms with van der Waals surface area (Å²) in [6.45, 7) is 1.48. The molecule has 0 saturated heterocycles. The van der Waals surface area contributed by atoms with Crippen LogP contribution in [0.5, 0.6) is 0 Å². The topological polar surface area (TPSA) is 23.5 Å². The van der Waals surface area contributed by atoms with Crippen LogP contribution >= 0.6 is 11.8 Å². The molecule has 0 radical (unpaired) electrons. The average molecular weight is 287 g/mol. The Morgan fingerprint density at radius 2 is 1.70 bits per heavy atom. The van der Waals surface area contributed by atoms with Gasteiger partial charge in [0, 0.05) is 18.0 Å². The lowest BCUT2D eigenvalue weighted by Crippen LogP contribution is -2.24. The largest absolute Gasteiger partial charge is 0.387 e. The summed E-state index contributed by atoms with van der Waals surface area (Å²) >= 11 is 1.75. The molecule has 2 rings (SSSR count). The maximum absolute atomic E-state index is 10.2. The van der Waals surface area contributed by atoms with Gasteiger partial charge in [0.1, 0.15) is 0 Å². The fraction of sp³-hybridized carbons (Fsp3) is 0.294. The van der Waals surface area contributed by atoms with E-state index in [4.69, 9.17) is 0 Å². The smallest absolute Gasteiger partial charge is 0.0916 e. The van der Waals surface area contributed by atoms with Crippen molar-refractivity contribution >= 4 is 11.8 Å². The highest BCUT2D eigenvalue weighted by molar-refractivity contribution is 7.98. The van der Waals surface area contributed by atoms with Crippen molar-refractivity contribution in [1.29, 1.82) is 0 Å². The molecule has 0 bridgehead atoms. The Hall–Kier alpha value is -1.29. The zero-order valence-corrected chi connectivity index (χ0v) is 12.8. The van der Waals surface area contributed by atoms with Gasteiger partial charge in [-0.05, 0) is 36.6 Å². The second kappa shape index (κ2) is 7.48. The van der Waals surface area contributed by atoms with Crippen molar-refractivity contribution in [2.24, 2.45) is 0 Å². The predicted molar refractivity (Wildman–Crippen MR) is 86.0 cm³/mol. The van der Waals surface area contributed by atoms with Crippen LogP contribution in [0.2, 0.25) is 0 Å². The second-order valence-corrected chi connectivity index (χ2v) is 5.85. The van der Waals surface area contributed by atoms with E-state index in [9.17, 15) is 5.11 Å². The van der Waals surface area contributed by atoms with E-state index < -0.39 is 6.10 Å². The van der Waals surface area contributed by atoms with E-state index in [1.165, 1.54) is 10.5 Å². The van der Waals surface area contributed by atoms with Crippen LogP contribution < -0.4 is 0 Å². The number of hydrogen-bond donors (Lipinski definition) is 1. The Bertz CT molecular complexity index is 512. The van der Waals surface area contributed by atoms with Crippen LogP contribution in [-0.2, 0) is 6.54 Å². The second-order valence-electron chi connectivity index (χ2n) is 4.97. The molecule has 1 atom stereocenters. The Morgan fingerprint density at radius 1 is 1.05 bits per heavy atom. The molecule has 20 heavy (non-hydrogen) atoms. The molecule has 2 nitrogen and oxygen atoms in total. The molecule has 2 aromatic carbocycles. The molecule has 1 N–H and O–H groups in total. The SMILES string of the molecule is CSc1ccc(CN(C)CC(O)c2ccccc2)cc1. The van der Waals surface area contributed by atoms with Crippen LogP contribution in [-0.4, -0.2) is 29.9 Å². The van der Waals surface area contributed by atoms with Gasteiger partial charge in [0.05, 0.1) is 6.10 Å². The maximum atomic E-state index is 10.2. The van der Waals surface area contributed by atoms with Crippen LogP contribution in [0.3, 0.4) is 0 Å². The van der Waals surface area contributed by atoms with Gasteiger partial charge >= 0.3 is 0 Å². The summed E-state index contributed by atoms with van der Waals surface area (Å²) in [5.41, 5.74) is 2.24. The van der Waals surface area contributed by atoms with E-state index >= 15 is 0 Å². The maximum Gasteiger partial charge on any atom is 0.0916 e. The molecule has 106 valence electrons. The lowest BCUT2D eigenvalue weighted by Gasteiger charge is -2.21. The molecule has 0 fully saturated rings. The molecule has 0 spiro atoms.